The Morgan fingerprint density at radius 2 is 2.08 bits per heavy atom. The molecule has 2 fully saturated rings. The average molecular weight is 380 g/mol. The molecular formula is C19H29N3O3S. The number of likely N-dealkylation sites (tertiary alicyclic amines) is 1. The number of piperidine rings is 1. The Balaban J connectivity index is 1.51. The third kappa shape index (κ3) is 4.64. The van der Waals surface area contributed by atoms with Crippen LogP contribution in [0.5, 0.6) is 0 Å². The molecule has 0 bridgehead atoms. The molecule has 0 aromatic carbocycles. The Labute approximate surface area is 159 Å². The van der Waals surface area contributed by atoms with Crippen molar-refractivity contribution in [2.45, 2.75) is 32.2 Å². The summed E-state index contributed by atoms with van der Waals surface area (Å²) in [5.41, 5.74) is -0.0966. The van der Waals surface area contributed by atoms with Gasteiger partial charge in [0.25, 0.3) is 5.91 Å². The van der Waals surface area contributed by atoms with Crippen molar-refractivity contribution < 1.29 is 14.3 Å². The lowest BCUT2D eigenvalue weighted by atomic mass is 9.96. The lowest BCUT2D eigenvalue weighted by Gasteiger charge is -2.41. The first kappa shape index (κ1) is 19.3. The zero-order valence-electron chi connectivity index (χ0n) is 15.7. The number of hydrogen-bond acceptors (Lipinski definition) is 5. The number of ether oxygens (including phenoxy) is 1. The molecular weight excluding hydrogens is 350 g/mol. The highest BCUT2D eigenvalue weighted by Crippen LogP contribution is 2.21. The minimum absolute atomic E-state index is 0.0474. The van der Waals surface area contributed by atoms with E-state index in [0.717, 1.165) is 50.6 Å². The van der Waals surface area contributed by atoms with E-state index in [0.29, 0.717) is 13.1 Å². The van der Waals surface area contributed by atoms with E-state index in [2.05, 4.69) is 24.1 Å². The lowest BCUT2D eigenvalue weighted by Crippen LogP contribution is -2.56. The fourth-order valence-corrected chi connectivity index (χ4v) is 4.35. The molecule has 2 aliphatic heterocycles. The predicted octanol–water partition coefficient (Wildman–Crippen LogP) is 1.83. The maximum Gasteiger partial charge on any atom is 0.263 e. The molecule has 2 saturated heterocycles. The van der Waals surface area contributed by atoms with Crippen LogP contribution in [0.4, 0.5) is 0 Å². The topological polar surface area (TPSA) is 61.9 Å². The zero-order valence-corrected chi connectivity index (χ0v) is 16.5. The highest BCUT2D eigenvalue weighted by molar-refractivity contribution is 7.12. The van der Waals surface area contributed by atoms with Crippen LogP contribution < -0.4 is 5.32 Å². The molecule has 3 heterocycles. The Morgan fingerprint density at radius 1 is 1.31 bits per heavy atom. The quantitative estimate of drug-likeness (QED) is 0.848. The molecule has 26 heavy (non-hydrogen) atoms. The molecule has 7 heteroatoms. The van der Waals surface area contributed by atoms with E-state index in [9.17, 15) is 9.59 Å². The average Bonchev–Trinajstić information content (AvgIpc) is 3.21. The van der Waals surface area contributed by atoms with Crippen LogP contribution in [0.1, 0.15) is 36.4 Å². The van der Waals surface area contributed by atoms with Crippen LogP contribution >= 0.6 is 11.3 Å². The first-order chi connectivity index (χ1) is 12.5. The summed E-state index contributed by atoms with van der Waals surface area (Å²) in [4.78, 5) is 30.2. The fourth-order valence-electron chi connectivity index (χ4n) is 3.66. The third-order valence-corrected chi connectivity index (χ3v) is 6.23. The molecule has 0 aliphatic carbocycles. The zero-order chi connectivity index (χ0) is 18.6. The number of morpholine rings is 1. The molecule has 1 N–H and O–H groups in total. The molecule has 0 radical (unpaired) electrons. The van der Waals surface area contributed by atoms with Crippen LogP contribution in [0.25, 0.3) is 0 Å². The van der Waals surface area contributed by atoms with Crippen molar-refractivity contribution in [3.63, 3.8) is 0 Å². The highest BCUT2D eigenvalue weighted by atomic mass is 32.1. The first-order valence-electron chi connectivity index (χ1n) is 9.41. The van der Waals surface area contributed by atoms with Crippen LogP contribution in [0.2, 0.25) is 0 Å². The number of nitrogens with zero attached hydrogens (tertiary/aromatic N) is 2. The summed E-state index contributed by atoms with van der Waals surface area (Å²) < 4.78 is 5.41. The third-order valence-electron chi connectivity index (χ3n) is 5.37. The van der Waals surface area contributed by atoms with E-state index in [4.69, 9.17) is 4.74 Å². The van der Waals surface area contributed by atoms with Crippen molar-refractivity contribution in [2.24, 2.45) is 5.92 Å². The molecule has 6 nitrogen and oxygen atoms in total. The number of hydrogen-bond donors (Lipinski definition) is 1. The summed E-state index contributed by atoms with van der Waals surface area (Å²) in [6.07, 6.45) is 1.72. The summed E-state index contributed by atoms with van der Waals surface area (Å²) in [6.45, 7) is 9.48. The van der Waals surface area contributed by atoms with Gasteiger partial charge in [-0.2, -0.15) is 0 Å². The number of rotatable bonds is 5. The van der Waals surface area contributed by atoms with E-state index in [1.165, 1.54) is 11.3 Å². The summed E-state index contributed by atoms with van der Waals surface area (Å²) in [7, 11) is 0. The molecule has 1 aromatic rings. The summed E-state index contributed by atoms with van der Waals surface area (Å²) in [5.74, 6) is -0.00527. The van der Waals surface area contributed by atoms with Crippen molar-refractivity contribution in [3.8, 4) is 0 Å². The molecule has 2 aliphatic rings. The molecule has 0 saturated carbocycles. The van der Waals surface area contributed by atoms with Crippen LogP contribution in [0.3, 0.4) is 0 Å². The van der Waals surface area contributed by atoms with Gasteiger partial charge in [0.05, 0.1) is 24.0 Å². The van der Waals surface area contributed by atoms with Gasteiger partial charge >= 0.3 is 0 Å². The monoisotopic (exact) mass is 379 g/mol. The van der Waals surface area contributed by atoms with Gasteiger partial charge in [-0.1, -0.05) is 6.07 Å². The van der Waals surface area contributed by atoms with Crippen LogP contribution in [0.15, 0.2) is 17.5 Å². The molecule has 1 atom stereocenters. The standard InChI is InChI=1S/C19H29N3O3S/c1-19(2,22-8-10-25-11-9-22)14-20-17(23)15-5-3-7-21(13-15)18(24)16-6-4-12-26-16/h4,6,12,15H,3,5,7-11,13-14H2,1-2H3,(H,20,23). The normalized spacial score (nSPS) is 22.2. The van der Waals surface area contributed by atoms with Gasteiger partial charge in [-0.05, 0) is 38.1 Å². The smallest absolute Gasteiger partial charge is 0.263 e. The molecule has 144 valence electrons. The Kier molecular flexibility index (Phi) is 6.32. The minimum atomic E-state index is -0.117. The van der Waals surface area contributed by atoms with E-state index in [1.54, 1.807) is 0 Å². The van der Waals surface area contributed by atoms with Gasteiger partial charge in [0.1, 0.15) is 0 Å². The Bertz CT molecular complexity index is 612. The van der Waals surface area contributed by atoms with Crippen LogP contribution in [0, 0.1) is 5.92 Å². The van der Waals surface area contributed by atoms with Crippen molar-refractivity contribution >= 4 is 23.2 Å². The van der Waals surface area contributed by atoms with E-state index in [-0.39, 0.29) is 23.3 Å². The van der Waals surface area contributed by atoms with Crippen molar-refractivity contribution in [3.05, 3.63) is 22.4 Å². The van der Waals surface area contributed by atoms with Crippen molar-refractivity contribution in [1.82, 2.24) is 15.1 Å². The second-order valence-corrected chi connectivity index (χ2v) is 8.64. The number of thiophene rings is 1. The first-order valence-corrected chi connectivity index (χ1v) is 10.3. The van der Waals surface area contributed by atoms with Crippen LogP contribution in [-0.4, -0.2) is 73.1 Å². The largest absolute Gasteiger partial charge is 0.379 e. The summed E-state index contributed by atoms with van der Waals surface area (Å²) in [5, 5.41) is 5.04. The molecule has 1 aromatic heterocycles. The molecule has 0 spiro atoms. The Hall–Kier alpha value is -1.44. The molecule has 3 rings (SSSR count). The summed E-state index contributed by atoms with van der Waals surface area (Å²) in [6, 6.07) is 3.74. The molecule has 2 amide bonds. The second kappa shape index (κ2) is 8.50. The number of nitrogens with one attached hydrogen (secondary N) is 1. The second-order valence-electron chi connectivity index (χ2n) is 7.70. The maximum absolute atomic E-state index is 12.7. The van der Waals surface area contributed by atoms with E-state index >= 15 is 0 Å². The van der Waals surface area contributed by atoms with Crippen molar-refractivity contribution in [2.75, 3.05) is 45.9 Å². The number of carbonyl (C=O) groups excluding carboxylic acids is 2. The number of amides is 2. The summed E-state index contributed by atoms with van der Waals surface area (Å²) >= 11 is 1.46. The van der Waals surface area contributed by atoms with Gasteiger partial charge in [0, 0.05) is 38.3 Å². The predicted molar refractivity (Wildman–Crippen MR) is 102 cm³/mol. The maximum atomic E-state index is 12.7. The highest BCUT2D eigenvalue weighted by Gasteiger charge is 2.32. The van der Waals surface area contributed by atoms with Crippen LogP contribution in [-0.2, 0) is 9.53 Å². The van der Waals surface area contributed by atoms with Gasteiger partial charge in [0.2, 0.25) is 5.91 Å². The SMILES string of the molecule is CC(C)(CNC(=O)C1CCCN(C(=O)c2cccs2)C1)N1CCOCC1. The van der Waals surface area contributed by atoms with Gasteiger partial charge in [-0.3, -0.25) is 14.5 Å². The number of carbonyl (C=O) groups is 2. The van der Waals surface area contributed by atoms with Gasteiger partial charge in [-0.15, -0.1) is 11.3 Å². The van der Waals surface area contributed by atoms with E-state index in [1.807, 2.05) is 22.4 Å². The minimum Gasteiger partial charge on any atom is -0.379 e. The molecule has 1 unspecified atom stereocenters. The van der Waals surface area contributed by atoms with Gasteiger partial charge < -0.3 is 15.0 Å². The fraction of sp³-hybridized carbons (Fsp3) is 0.684. The Morgan fingerprint density at radius 3 is 2.77 bits per heavy atom. The van der Waals surface area contributed by atoms with Crippen molar-refractivity contribution in [1.29, 1.82) is 0 Å². The van der Waals surface area contributed by atoms with Gasteiger partial charge in [0.15, 0.2) is 0 Å². The van der Waals surface area contributed by atoms with Gasteiger partial charge in [-0.25, -0.2) is 0 Å². The lowest BCUT2D eigenvalue weighted by molar-refractivity contribution is -0.127. The van der Waals surface area contributed by atoms with E-state index < -0.39 is 0 Å².